The van der Waals surface area contributed by atoms with Gasteiger partial charge in [-0.3, -0.25) is 9.89 Å². The van der Waals surface area contributed by atoms with Gasteiger partial charge in [-0.15, -0.1) is 0 Å². The largest absolute Gasteiger partial charge is 0.417 e. The van der Waals surface area contributed by atoms with Crippen LogP contribution in [0.4, 0.5) is 19.0 Å². The van der Waals surface area contributed by atoms with Crippen LogP contribution in [0.25, 0.3) is 11.0 Å². The lowest BCUT2D eigenvalue weighted by Crippen LogP contribution is -2.37. The molecule has 0 bridgehead atoms. The number of hydrogen-bond acceptors (Lipinski definition) is 4. The van der Waals surface area contributed by atoms with Crippen LogP contribution in [0.3, 0.4) is 0 Å². The monoisotopic (exact) mass is 383 g/mol. The molecule has 2 N–H and O–H groups in total. The van der Waals surface area contributed by atoms with E-state index in [0.29, 0.717) is 38.0 Å². The first-order chi connectivity index (χ1) is 12.7. The van der Waals surface area contributed by atoms with Gasteiger partial charge in [-0.1, -0.05) is 6.92 Å². The number of halogens is 3. The summed E-state index contributed by atoms with van der Waals surface area (Å²) in [6, 6.07) is 1.09. The topological polar surface area (TPSA) is 73.9 Å². The normalized spacial score (nSPS) is 16.3. The minimum absolute atomic E-state index is 0.0291. The lowest BCUT2D eigenvalue weighted by atomic mass is 9.91. The summed E-state index contributed by atoms with van der Waals surface area (Å²) in [6.07, 6.45) is -2.86. The van der Waals surface area contributed by atoms with E-state index >= 15 is 0 Å². The summed E-state index contributed by atoms with van der Waals surface area (Å²) in [6.45, 7) is 6.56. The zero-order chi connectivity index (χ0) is 19.8. The molecule has 0 radical (unpaired) electrons. The number of piperidine rings is 1. The predicted octanol–water partition coefficient (Wildman–Crippen LogP) is 3.91. The van der Waals surface area contributed by atoms with E-state index in [1.165, 1.54) is 0 Å². The molecule has 1 saturated heterocycles. The maximum absolute atomic E-state index is 13.7. The van der Waals surface area contributed by atoms with Crippen molar-refractivity contribution in [1.82, 2.24) is 20.1 Å². The molecule has 1 fully saturated rings. The fourth-order valence-corrected chi connectivity index (χ4v) is 3.51. The van der Waals surface area contributed by atoms with Gasteiger partial charge in [0.2, 0.25) is 5.91 Å². The molecule has 3 rings (SSSR count). The number of carbonyl (C=O) groups is 1. The molecule has 0 saturated carbocycles. The number of amides is 1. The van der Waals surface area contributed by atoms with Crippen molar-refractivity contribution < 1.29 is 18.0 Å². The lowest BCUT2D eigenvalue weighted by Gasteiger charge is -2.31. The summed E-state index contributed by atoms with van der Waals surface area (Å²) >= 11 is 0. The second-order valence-electron chi connectivity index (χ2n) is 7.20. The van der Waals surface area contributed by atoms with E-state index in [1.54, 1.807) is 11.8 Å². The van der Waals surface area contributed by atoms with Gasteiger partial charge < -0.3 is 10.2 Å². The Labute approximate surface area is 155 Å². The minimum Gasteiger partial charge on any atom is -0.366 e. The number of nitrogens with one attached hydrogen (secondary N) is 2. The zero-order valence-electron chi connectivity index (χ0n) is 15.7. The molecule has 0 aromatic carbocycles. The first-order valence-electron chi connectivity index (χ1n) is 9.21. The van der Waals surface area contributed by atoms with E-state index in [-0.39, 0.29) is 34.7 Å². The van der Waals surface area contributed by atoms with Gasteiger partial charge >= 0.3 is 6.18 Å². The number of H-pyrrole nitrogens is 1. The Kier molecular flexibility index (Phi) is 5.30. The molecular weight excluding hydrogens is 359 g/mol. The van der Waals surface area contributed by atoms with Gasteiger partial charge in [0.15, 0.2) is 11.5 Å². The van der Waals surface area contributed by atoms with Gasteiger partial charge in [-0.05, 0) is 32.8 Å². The van der Waals surface area contributed by atoms with Gasteiger partial charge in [0, 0.05) is 37.2 Å². The molecular formula is C18H24F3N5O. The Balaban J connectivity index is 1.95. The third-order valence-electron chi connectivity index (χ3n) is 4.85. The summed E-state index contributed by atoms with van der Waals surface area (Å²) < 4.78 is 41.2. The van der Waals surface area contributed by atoms with Crippen molar-refractivity contribution in [3.05, 3.63) is 17.3 Å². The molecule has 2 aromatic rings. The Morgan fingerprint density at radius 1 is 1.37 bits per heavy atom. The van der Waals surface area contributed by atoms with Gasteiger partial charge in [-0.2, -0.15) is 18.3 Å². The maximum atomic E-state index is 13.7. The Morgan fingerprint density at radius 3 is 2.59 bits per heavy atom. The van der Waals surface area contributed by atoms with Crippen molar-refractivity contribution in [3.63, 3.8) is 0 Å². The first kappa shape index (κ1) is 19.4. The SMILES string of the molecule is CCC(=O)N1CCC(c2cc(C(F)(F)F)c3c(NC(C)C)n[nH]c3n2)CC1. The molecule has 9 heteroatoms. The number of carbonyl (C=O) groups excluding carboxylic acids is 1. The van der Waals surface area contributed by atoms with Crippen molar-refractivity contribution in [3.8, 4) is 0 Å². The third-order valence-corrected chi connectivity index (χ3v) is 4.85. The lowest BCUT2D eigenvalue weighted by molar-refractivity contribution is -0.136. The number of nitrogens with zero attached hydrogens (tertiary/aromatic N) is 3. The van der Waals surface area contributed by atoms with E-state index in [1.807, 2.05) is 13.8 Å². The molecule has 3 heterocycles. The molecule has 2 aromatic heterocycles. The highest BCUT2D eigenvalue weighted by atomic mass is 19.4. The number of aromatic amines is 1. The molecule has 0 spiro atoms. The van der Waals surface area contributed by atoms with Crippen molar-refractivity contribution in [2.45, 2.75) is 58.2 Å². The van der Waals surface area contributed by atoms with Crippen molar-refractivity contribution >= 4 is 22.8 Å². The van der Waals surface area contributed by atoms with Crippen LogP contribution in [0.1, 0.15) is 57.2 Å². The minimum atomic E-state index is -4.51. The number of likely N-dealkylation sites (tertiary alicyclic amines) is 1. The van der Waals surface area contributed by atoms with Crippen LogP contribution in [0.2, 0.25) is 0 Å². The highest BCUT2D eigenvalue weighted by molar-refractivity contribution is 5.91. The molecule has 0 atom stereocenters. The smallest absolute Gasteiger partial charge is 0.366 e. The summed E-state index contributed by atoms with van der Waals surface area (Å²) in [5.74, 6) is 0.127. The van der Waals surface area contributed by atoms with Crippen molar-refractivity contribution in [2.75, 3.05) is 18.4 Å². The maximum Gasteiger partial charge on any atom is 0.417 e. The first-order valence-corrected chi connectivity index (χ1v) is 9.21. The van der Waals surface area contributed by atoms with Gasteiger partial charge in [-0.25, -0.2) is 4.98 Å². The average Bonchev–Trinajstić information content (AvgIpc) is 3.01. The van der Waals surface area contributed by atoms with E-state index < -0.39 is 11.7 Å². The number of hydrogen-bond donors (Lipinski definition) is 2. The second-order valence-corrected chi connectivity index (χ2v) is 7.20. The van der Waals surface area contributed by atoms with E-state index in [4.69, 9.17) is 0 Å². The number of alkyl halides is 3. The van der Waals surface area contributed by atoms with Crippen molar-refractivity contribution in [1.29, 1.82) is 0 Å². The van der Waals surface area contributed by atoms with E-state index in [9.17, 15) is 18.0 Å². The van der Waals surface area contributed by atoms with Crippen LogP contribution in [-0.2, 0) is 11.0 Å². The van der Waals surface area contributed by atoms with Crippen molar-refractivity contribution in [2.24, 2.45) is 0 Å². The quantitative estimate of drug-likeness (QED) is 0.839. The Morgan fingerprint density at radius 2 is 2.04 bits per heavy atom. The molecule has 1 amide bonds. The third kappa shape index (κ3) is 4.01. The van der Waals surface area contributed by atoms with Crippen LogP contribution in [0.15, 0.2) is 6.07 Å². The summed E-state index contributed by atoms with van der Waals surface area (Å²) in [7, 11) is 0. The molecule has 6 nitrogen and oxygen atoms in total. The van der Waals surface area contributed by atoms with Crippen LogP contribution in [0, 0.1) is 0 Å². The zero-order valence-corrected chi connectivity index (χ0v) is 15.7. The molecule has 0 unspecified atom stereocenters. The van der Waals surface area contributed by atoms with E-state index in [0.717, 1.165) is 6.07 Å². The molecule has 0 aliphatic carbocycles. The summed E-state index contributed by atoms with van der Waals surface area (Å²) in [4.78, 5) is 18.0. The number of aromatic nitrogens is 3. The standard InChI is InChI=1S/C18H24F3N5O/c1-4-14(27)26-7-5-11(6-8-26)13-9-12(18(19,20)21)15-16(22-10(2)3)24-25-17(15)23-13/h9-11H,4-8H2,1-3H3,(H2,22,23,24,25). The van der Waals surface area contributed by atoms with Gasteiger partial charge in [0.25, 0.3) is 0 Å². The highest BCUT2D eigenvalue weighted by Crippen LogP contribution is 2.39. The number of rotatable bonds is 4. The van der Waals surface area contributed by atoms with Gasteiger partial charge in [0.05, 0.1) is 10.9 Å². The summed E-state index contributed by atoms with van der Waals surface area (Å²) in [5.41, 5.74) is -0.195. The molecule has 1 aliphatic rings. The fourth-order valence-electron chi connectivity index (χ4n) is 3.51. The van der Waals surface area contributed by atoms with Crippen LogP contribution >= 0.6 is 0 Å². The second kappa shape index (κ2) is 7.36. The van der Waals surface area contributed by atoms with Crippen LogP contribution < -0.4 is 5.32 Å². The van der Waals surface area contributed by atoms with Crippen LogP contribution in [-0.4, -0.2) is 45.1 Å². The van der Waals surface area contributed by atoms with Gasteiger partial charge in [0.1, 0.15) is 0 Å². The fraction of sp³-hybridized carbons (Fsp3) is 0.611. The average molecular weight is 383 g/mol. The predicted molar refractivity (Wildman–Crippen MR) is 96.5 cm³/mol. The number of pyridine rings is 1. The highest BCUT2D eigenvalue weighted by Gasteiger charge is 2.36. The summed E-state index contributed by atoms with van der Waals surface area (Å²) in [5, 5.41) is 9.53. The van der Waals surface area contributed by atoms with E-state index in [2.05, 4.69) is 20.5 Å². The Hall–Kier alpha value is -2.32. The number of anilines is 1. The molecule has 148 valence electrons. The number of fused-ring (bicyclic) bond motifs is 1. The van der Waals surface area contributed by atoms with Crippen LogP contribution in [0.5, 0.6) is 0 Å². The molecule has 27 heavy (non-hydrogen) atoms. The Bertz CT molecular complexity index is 822. The molecule has 1 aliphatic heterocycles.